The van der Waals surface area contributed by atoms with Gasteiger partial charge in [0, 0.05) is 18.7 Å². The van der Waals surface area contributed by atoms with E-state index in [1.165, 1.54) is 0 Å². The molecule has 106 valence electrons. The molecule has 1 fully saturated rings. The molecular weight excluding hydrogens is 258 g/mol. The summed E-state index contributed by atoms with van der Waals surface area (Å²) in [6, 6.07) is 5.27. The molecule has 5 heteroatoms. The number of methoxy groups -OCH3 is 1. The quantitative estimate of drug-likeness (QED) is 0.930. The highest BCUT2D eigenvalue weighted by molar-refractivity contribution is 5.99. The van der Waals surface area contributed by atoms with Crippen molar-refractivity contribution in [2.24, 2.45) is 0 Å². The second-order valence-corrected chi connectivity index (χ2v) is 4.86. The Labute approximate surface area is 116 Å². The predicted molar refractivity (Wildman–Crippen MR) is 74.1 cm³/mol. The van der Waals surface area contributed by atoms with Crippen LogP contribution in [0.15, 0.2) is 28.9 Å². The van der Waals surface area contributed by atoms with E-state index < -0.39 is 0 Å². The topological polar surface area (TPSA) is 60.7 Å². The molecule has 1 aromatic carbocycles. The lowest BCUT2D eigenvalue weighted by Crippen LogP contribution is -2.31. The van der Waals surface area contributed by atoms with Crippen molar-refractivity contribution in [3.8, 4) is 5.75 Å². The van der Waals surface area contributed by atoms with Gasteiger partial charge in [-0.3, -0.25) is 4.79 Å². The fourth-order valence-electron chi connectivity index (χ4n) is 2.45. The summed E-state index contributed by atoms with van der Waals surface area (Å²) >= 11 is 0. The molecule has 0 spiro atoms. The van der Waals surface area contributed by atoms with E-state index in [9.17, 15) is 4.79 Å². The largest absolute Gasteiger partial charge is 0.496 e. The zero-order valence-electron chi connectivity index (χ0n) is 11.3. The van der Waals surface area contributed by atoms with Crippen molar-refractivity contribution in [1.29, 1.82) is 0 Å². The van der Waals surface area contributed by atoms with E-state index in [0.29, 0.717) is 23.4 Å². The normalized spacial score (nSPS) is 18.4. The first kappa shape index (κ1) is 13.0. The Bertz CT molecular complexity index is 613. The van der Waals surface area contributed by atoms with Crippen LogP contribution in [0.1, 0.15) is 23.2 Å². The van der Waals surface area contributed by atoms with E-state index in [1.807, 2.05) is 6.07 Å². The first-order valence-corrected chi connectivity index (χ1v) is 6.73. The molecule has 1 N–H and O–H groups in total. The predicted octanol–water partition coefficient (Wildman–Crippen LogP) is 2.35. The number of nitrogens with one attached hydrogen (secondary N) is 1. The Morgan fingerprint density at radius 2 is 2.40 bits per heavy atom. The van der Waals surface area contributed by atoms with Gasteiger partial charge >= 0.3 is 0 Å². The van der Waals surface area contributed by atoms with Crippen LogP contribution in [0.2, 0.25) is 0 Å². The third-order valence-electron chi connectivity index (χ3n) is 3.53. The van der Waals surface area contributed by atoms with Gasteiger partial charge in [0.1, 0.15) is 11.3 Å². The van der Waals surface area contributed by atoms with Crippen LogP contribution in [-0.4, -0.2) is 32.3 Å². The maximum Gasteiger partial charge on any atom is 0.251 e. The van der Waals surface area contributed by atoms with E-state index in [0.717, 1.165) is 24.8 Å². The lowest BCUT2D eigenvalue weighted by Gasteiger charge is -2.11. The van der Waals surface area contributed by atoms with Gasteiger partial charge in [-0.1, -0.05) is 0 Å². The summed E-state index contributed by atoms with van der Waals surface area (Å²) in [6.45, 7) is 1.32. The Balaban J connectivity index is 1.76. The molecular formula is C15H17NO4. The third-order valence-corrected chi connectivity index (χ3v) is 3.53. The van der Waals surface area contributed by atoms with Crippen molar-refractivity contribution in [3.05, 3.63) is 30.0 Å². The Kier molecular flexibility index (Phi) is 3.60. The number of rotatable bonds is 4. The van der Waals surface area contributed by atoms with E-state index >= 15 is 0 Å². The molecule has 2 heterocycles. The Morgan fingerprint density at radius 3 is 3.15 bits per heavy atom. The molecule has 1 saturated heterocycles. The number of carbonyl (C=O) groups is 1. The minimum atomic E-state index is -0.142. The van der Waals surface area contributed by atoms with E-state index in [2.05, 4.69) is 5.32 Å². The SMILES string of the molecule is COc1cc(C(=O)NC[C@@H]2CCCO2)cc2occc12. The number of hydrogen-bond donors (Lipinski definition) is 1. The second-order valence-electron chi connectivity index (χ2n) is 4.86. The molecule has 5 nitrogen and oxygen atoms in total. The molecule has 20 heavy (non-hydrogen) atoms. The average molecular weight is 275 g/mol. The highest BCUT2D eigenvalue weighted by atomic mass is 16.5. The number of ether oxygens (including phenoxy) is 2. The first-order chi connectivity index (χ1) is 9.78. The van der Waals surface area contributed by atoms with Crippen LogP contribution < -0.4 is 10.1 Å². The number of furan rings is 1. The molecule has 1 atom stereocenters. The molecule has 1 aromatic heterocycles. The van der Waals surface area contributed by atoms with Crippen molar-refractivity contribution >= 4 is 16.9 Å². The molecule has 1 amide bonds. The van der Waals surface area contributed by atoms with Gasteiger partial charge in [0.25, 0.3) is 5.91 Å². The molecule has 1 aliphatic rings. The van der Waals surface area contributed by atoms with Crippen LogP contribution in [0.25, 0.3) is 11.0 Å². The minimum Gasteiger partial charge on any atom is -0.496 e. The van der Waals surface area contributed by atoms with Crippen molar-refractivity contribution in [2.45, 2.75) is 18.9 Å². The van der Waals surface area contributed by atoms with Gasteiger partial charge in [-0.05, 0) is 31.0 Å². The van der Waals surface area contributed by atoms with Crippen LogP contribution in [0.3, 0.4) is 0 Å². The molecule has 3 rings (SSSR count). The summed E-state index contributed by atoms with van der Waals surface area (Å²) < 4.78 is 16.1. The fourth-order valence-corrected chi connectivity index (χ4v) is 2.45. The summed E-state index contributed by atoms with van der Waals surface area (Å²) in [6.07, 6.45) is 3.78. The molecule has 0 radical (unpaired) electrons. The summed E-state index contributed by atoms with van der Waals surface area (Å²) in [4.78, 5) is 12.2. The molecule has 0 unspecified atom stereocenters. The average Bonchev–Trinajstić information content (AvgIpc) is 3.14. The third kappa shape index (κ3) is 2.49. The lowest BCUT2D eigenvalue weighted by molar-refractivity contribution is 0.0857. The van der Waals surface area contributed by atoms with Crippen LogP contribution in [0, 0.1) is 0 Å². The van der Waals surface area contributed by atoms with Gasteiger partial charge in [0.05, 0.1) is 24.9 Å². The standard InChI is InChI=1S/C15H17NO4/c1-18-13-7-10(8-14-12(13)4-6-20-14)15(17)16-9-11-3-2-5-19-11/h4,6-8,11H,2-3,5,9H2,1H3,(H,16,17)/t11-/m0/s1. The van der Waals surface area contributed by atoms with Gasteiger partial charge in [-0.25, -0.2) is 0 Å². The number of amides is 1. The van der Waals surface area contributed by atoms with Gasteiger partial charge in [-0.15, -0.1) is 0 Å². The summed E-state index contributed by atoms with van der Waals surface area (Å²) in [5.41, 5.74) is 1.17. The Hall–Kier alpha value is -2.01. The van der Waals surface area contributed by atoms with Gasteiger partial charge < -0.3 is 19.2 Å². The number of carbonyl (C=O) groups excluding carboxylic acids is 1. The molecule has 0 bridgehead atoms. The number of fused-ring (bicyclic) bond motifs is 1. The molecule has 0 aliphatic carbocycles. The van der Waals surface area contributed by atoms with E-state index in [-0.39, 0.29) is 12.0 Å². The van der Waals surface area contributed by atoms with Crippen LogP contribution in [0.4, 0.5) is 0 Å². The summed E-state index contributed by atoms with van der Waals surface area (Å²) in [5, 5.41) is 3.75. The van der Waals surface area contributed by atoms with E-state index in [1.54, 1.807) is 25.5 Å². The Morgan fingerprint density at radius 1 is 1.50 bits per heavy atom. The second kappa shape index (κ2) is 5.54. The minimum absolute atomic E-state index is 0.133. The maximum atomic E-state index is 12.2. The van der Waals surface area contributed by atoms with Crippen LogP contribution in [0.5, 0.6) is 5.75 Å². The summed E-state index contributed by atoms with van der Waals surface area (Å²) in [7, 11) is 1.58. The monoisotopic (exact) mass is 275 g/mol. The van der Waals surface area contributed by atoms with Gasteiger partial charge in [0.2, 0.25) is 0 Å². The molecule has 1 aliphatic heterocycles. The van der Waals surface area contributed by atoms with Crippen molar-refractivity contribution in [2.75, 3.05) is 20.3 Å². The number of benzene rings is 1. The van der Waals surface area contributed by atoms with Crippen molar-refractivity contribution < 1.29 is 18.7 Å². The van der Waals surface area contributed by atoms with E-state index in [4.69, 9.17) is 13.9 Å². The van der Waals surface area contributed by atoms with Crippen LogP contribution >= 0.6 is 0 Å². The zero-order valence-corrected chi connectivity index (χ0v) is 11.3. The lowest BCUT2D eigenvalue weighted by atomic mass is 10.1. The molecule has 2 aromatic rings. The highest BCUT2D eigenvalue weighted by Gasteiger charge is 2.18. The summed E-state index contributed by atoms with van der Waals surface area (Å²) in [5.74, 6) is 0.496. The maximum absolute atomic E-state index is 12.2. The fraction of sp³-hybridized carbons (Fsp3) is 0.400. The highest BCUT2D eigenvalue weighted by Crippen LogP contribution is 2.28. The van der Waals surface area contributed by atoms with Crippen LogP contribution in [-0.2, 0) is 4.74 Å². The van der Waals surface area contributed by atoms with Gasteiger partial charge in [0.15, 0.2) is 0 Å². The van der Waals surface area contributed by atoms with Crippen molar-refractivity contribution in [1.82, 2.24) is 5.32 Å². The van der Waals surface area contributed by atoms with Crippen molar-refractivity contribution in [3.63, 3.8) is 0 Å². The smallest absolute Gasteiger partial charge is 0.251 e. The molecule has 0 saturated carbocycles. The first-order valence-electron chi connectivity index (χ1n) is 6.73. The zero-order chi connectivity index (χ0) is 13.9. The number of hydrogen-bond acceptors (Lipinski definition) is 4. The van der Waals surface area contributed by atoms with Gasteiger partial charge in [-0.2, -0.15) is 0 Å².